The number of likely N-dealkylation sites (tertiary alicyclic amines) is 1. The monoisotopic (exact) mass is 258 g/mol. The molecule has 1 N–H and O–H groups in total. The SMILES string of the molecule is CN1CCC[C@@H]1CCN[C@H]1CCc2ccccc2C1. The van der Waals surface area contributed by atoms with Crippen molar-refractivity contribution in [3.8, 4) is 0 Å². The van der Waals surface area contributed by atoms with Crippen LogP contribution in [-0.4, -0.2) is 37.1 Å². The van der Waals surface area contributed by atoms with Crippen molar-refractivity contribution < 1.29 is 0 Å². The molecule has 0 aromatic heterocycles. The molecule has 0 saturated carbocycles. The van der Waals surface area contributed by atoms with Gasteiger partial charge in [0.1, 0.15) is 0 Å². The minimum absolute atomic E-state index is 0.696. The average Bonchev–Trinajstić information content (AvgIpc) is 2.84. The summed E-state index contributed by atoms with van der Waals surface area (Å²) in [5, 5.41) is 3.78. The van der Waals surface area contributed by atoms with Crippen molar-refractivity contribution in [2.45, 2.75) is 50.6 Å². The lowest BCUT2D eigenvalue weighted by Gasteiger charge is -2.27. The van der Waals surface area contributed by atoms with Gasteiger partial charge in [-0.05, 0) is 69.8 Å². The van der Waals surface area contributed by atoms with Gasteiger partial charge in [-0.2, -0.15) is 0 Å². The summed E-state index contributed by atoms with van der Waals surface area (Å²) >= 11 is 0. The highest BCUT2D eigenvalue weighted by atomic mass is 15.1. The van der Waals surface area contributed by atoms with Crippen LogP contribution in [-0.2, 0) is 12.8 Å². The summed E-state index contributed by atoms with van der Waals surface area (Å²) in [6.07, 6.45) is 7.86. The van der Waals surface area contributed by atoms with E-state index < -0.39 is 0 Å². The zero-order valence-electron chi connectivity index (χ0n) is 12.1. The summed E-state index contributed by atoms with van der Waals surface area (Å²) in [6, 6.07) is 10.5. The van der Waals surface area contributed by atoms with Crippen LogP contribution in [0, 0.1) is 0 Å². The molecule has 1 fully saturated rings. The van der Waals surface area contributed by atoms with Crippen molar-refractivity contribution >= 4 is 0 Å². The fraction of sp³-hybridized carbons (Fsp3) is 0.647. The van der Waals surface area contributed by atoms with Gasteiger partial charge in [0, 0.05) is 12.1 Å². The Morgan fingerprint density at radius 2 is 2.05 bits per heavy atom. The van der Waals surface area contributed by atoms with Gasteiger partial charge in [-0.25, -0.2) is 0 Å². The Balaban J connectivity index is 1.45. The van der Waals surface area contributed by atoms with Crippen LogP contribution in [0.1, 0.15) is 36.8 Å². The smallest absolute Gasteiger partial charge is 0.0111 e. The molecule has 1 aliphatic carbocycles. The molecule has 1 heterocycles. The van der Waals surface area contributed by atoms with Crippen LogP contribution >= 0.6 is 0 Å². The summed E-state index contributed by atoms with van der Waals surface area (Å²) in [4.78, 5) is 2.53. The number of nitrogens with zero attached hydrogens (tertiary/aromatic N) is 1. The molecule has 0 radical (unpaired) electrons. The van der Waals surface area contributed by atoms with E-state index in [1.54, 1.807) is 11.1 Å². The van der Waals surface area contributed by atoms with E-state index in [0.29, 0.717) is 6.04 Å². The maximum Gasteiger partial charge on any atom is 0.0111 e. The Bertz CT molecular complexity index is 415. The lowest BCUT2D eigenvalue weighted by Crippen LogP contribution is -2.37. The Morgan fingerprint density at radius 1 is 1.21 bits per heavy atom. The number of hydrogen-bond acceptors (Lipinski definition) is 2. The van der Waals surface area contributed by atoms with Gasteiger partial charge in [0.05, 0.1) is 0 Å². The van der Waals surface area contributed by atoms with Gasteiger partial charge >= 0.3 is 0 Å². The van der Waals surface area contributed by atoms with Crippen LogP contribution in [0.3, 0.4) is 0 Å². The molecular formula is C17H26N2. The Labute approximate surface area is 117 Å². The molecule has 0 amide bonds. The van der Waals surface area contributed by atoms with Crippen LogP contribution in [0.5, 0.6) is 0 Å². The van der Waals surface area contributed by atoms with Gasteiger partial charge in [-0.15, -0.1) is 0 Å². The van der Waals surface area contributed by atoms with Gasteiger partial charge in [0.2, 0.25) is 0 Å². The number of fused-ring (bicyclic) bond motifs is 1. The maximum absolute atomic E-state index is 3.78. The quantitative estimate of drug-likeness (QED) is 0.893. The first-order valence-corrected chi connectivity index (χ1v) is 7.83. The molecular weight excluding hydrogens is 232 g/mol. The summed E-state index contributed by atoms with van der Waals surface area (Å²) < 4.78 is 0. The first kappa shape index (κ1) is 13.1. The minimum atomic E-state index is 0.696. The van der Waals surface area contributed by atoms with Gasteiger partial charge in [-0.1, -0.05) is 24.3 Å². The normalized spacial score (nSPS) is 27.4. The molecule has 0 spiro atoms. The molecule has 1 aromatic rings. The molecule has 1 aliphatic heterocycles. The van der Waals surface area contributed by atoms with E-state index in [1.165, 1.54) is 51.6 Å². The van der Waals surface area contributed by atoms with Crippen molar-refractivity contribution in [3.63, 3.8) is 0 Å². The van der Waals surface area contributed by atoms with Crippen molar-refractivity contribution in [2.75, 3.05) is 20.1 Å². The molecule has 2 nitrogen and oxygen atoms in total. The highest BCUT2D eigenvalue weighted by molar-refractivity contribution is 5.30. The molecule has 1 aromatic carbocycles. The van der Waals surface area contributed by atoms with Crippen LogP contribution in [0.15, 0.2) is 24.3 Å². The zero-order chi connectivity index (χ0) is 13.1. The lowest BCUT2D eigenvalue weighted by atomic mass is 9.88. The maximum atomic E-state index is 3.78. The topological polar surface area (TPSA) is 15.3 Å². The van der Waals surface area contributed by atoms with Gasteiger partial charge in [0.25, 0.3) is 0 Å². The molecule has 104 valence electrons. The number of rotatable bonds is 4. The van der Waals surface area contributed by atoms with Crippen LogP contribution in [0.4, 0.5) is 0 Å². The Kier molecular flexibility index (Phi) is 4.19. The average molecular weight is 258 g/mol. The number of hydrogen-bond donors (Lipinski definition) is 1. The van der Waals surface area contributed by atoms with E-state index in [0.717, 1.165) is 6.04 Å². The standard InChI is InChI=1S/C17H26N2/c1-19-12-4-7-17(19)10-11-18-16-9-8-14-5-2-3-6-15(14)13-16/h2-3,5-6,16-18H,4,7-13H2,1H3/t16-,17+/m0/s1. The summed E-state index contributed by atoms with van der Waals surface area (Å²) in [6.45, 7) is 2.48. The molecule has 0 unspecified atom stereocenters. The molecule has 19 heavy (non-hydrogen) atoms. The van der Waals surface area contributed by atoms with Gasteiger partial charge in [-0.3, -0.25) is 0 Å². The number of nitrogens with one attached hydrogen (secondary N) is 1. The molecule has 2 heteroatoms. The number of benzene rings is 1. The van der Waals surface area contributed by atoms with Gasteiger partial charge in [0.15, 0.2) is 0 Å². The molecule has 0 bridgehead atoms. The summed E-state index contributed by atoms with van der Waals surface area (Å²) in [5.41, 5.74) is 3.13. The van der Waals surface area contributed by atoms with Crippen molar-refractivity contribution in [3.05, 3.63) is 35.4 Å². The third-order valence-corrected chi connectivity index (χ3v) is 4.93. The second-order valence-corrected chi connectivity index (χ2v) is 6.23. The molecule has 3 rings (SSSR count). The van der Waals surface area contributed by atoms with Crippen molar-refractivity contribution in [1.82, 2.24) is 10.2 Å². The fourth-order valence-electron chi connectivity index (χ4n) is 3.67. The van der Waals surface area contributed by atoms with Crippen molar-refractivity contribution in [1.29, 1.82) is 0 Å². The summed E-state index contributed by atoms with van der Waals surface area (Å²) in [5.74, 6) is 0. The Morgan fingerprint density at radius 3 is 2.84 bits per heavy atom. The van der Waals surface area contributed by atoms with E-state index in [4.69, 9.17) is 0 Å². The largest absolute Gasteiger partial charge is 0.314 e. The number of aryl methyl sites for hydroxylation is 1. The second kappa shape index (κ2) is 6.06. The first-order chi connectivity index (χ1) is 9.33. The van der Waals surface area contributed by atoms with E-state index in [2.05, 4.69) is 41.5 Å². The first-order valence-electron chi connectivity index (χ1n) is 7.83. The van der Waals surface area contributed by atoms with E-state index in [1.807, 2.05) is 0 Å². The third-order valence-electron chi connectivity index (χ3n) is 4.93. The van der Waals surface area contributed by atoms with Gasteiger partial charge < -0.3 is 10.2 Å². The van der Waals surface area contributed by atoms with E-state index in [9.17, 15) is 0 Å². The molecule has 2 aliphatic rings. The van der Waals surface area contributed by atoms with E-state index in [-0.39, 0.29) is 0 Å². The molecule has 2 atom stereocenters. The van der Waals surface area contributed by atoms with Crippen molar-refractivity contribution in [2.24, 2.45) is 0 Å². The van der Waals surface area contributed by atoms with Crippen LogP contribution in [0.2, 0.25) is 0 Å². The van der Waals surface area contributed by atoms with E-state index >= 15 is 0 Å². The van der Waals surface area contributed by atoms with Crippen LogP contribution < -0.4 is 5.32 Å². The van der Waals surface area contributed by atoms with Crippen LogP contribution in [0.25, 0.3) is 0 Å². The highest BCUT2D eigenvalue weighted by Crippen LogP contribution is 2.21. The fourth-order valence-corrected chi connectivity index (χ4v) is 3.67. The zero-order valence-corrected chi connectivity index (χ0v) is 12.1. The summed E-state index contributed by atoms with van der Waals surface area (Å²) in [7, 11) is 2.27. The Hall–Kier alpha value is -0.860. The lowest BCUT2D eigenvalue weighted by molar-refractivity contribution is 0.288. The second-order valence-electron chi connectivity index (χ2n) is 6.23. The predicted octanol–water partition coefficient (Wildman–Crippen LogP) is 2.62. The third kappa shape index (κ3) is 3.18. The minimum Gasteiger partial charge on any atom is -0.314 e. The molecule has 1 saturated heterocycles. The predicted molar refractivity (Wildman–Crippen MR) is 80.5 cm³/mol. The highest BCUT2D eigenvalue weighted by Gasteiger charge is 2.21.